The summed E-state index contributed by atoms with van der Waals surface area (Å²) in [4.78, 5) is 26.3. The molecule has 0 saturated heterocycles. The monoisotopic (exact) mass is 260 g/mol. The van der Waals surface area contributed by atoms with E-state index in [1.165, 1.54) is 6.07 Å². The van der Waals surface area contributed by atoms with Crippen LogP contribution in [0.1, 0.15) is 30.4 Å². The van der Waals surface area contributed by atoms with Crippen LogP contribution in [0.2, 0.25) is 5.02 Å². The van der Waals surface area contributed by atoms with Crippen molar-refractivity contribution < 1.29 is 19.5 Å². The Morgan fingerprint density at radius 3 is 2.76 bits per heavy atom. The van der Waals surface area contributed by atoms with Crippen LogP contribution < -0.4 is 5.48 Å². The van der Waals surface area contributed by atoms with Gasteiger partial charge in [-0.05, 0) is 19.9 Å². The normalized spacial score (nSPS) is 10.6. The van der Waals surface area contributed by atoms with Gasteiger partial charge < -0.3 is 9.67 Å². The molecule has 0 saturated carbocycles. The van der Waals surface area contributed by atoms with Crippen LogP contribution in [0, 0.1) is 0 Å². The van der Waals surface area contributed by atoms with Crippen molar-refractivity contribution in [1.82, 2.24) is 10.0 Å². The van der Waals surface area contributed by atoms with E-state index in [9.17, 15) is 9.59 Å². The summed E-state index contributed by atoms with van der Waals surface area (Å²) in [5, 5.41) is 8.77. The zero-order chi connectivity index (χ0) is 13.0. The van der Waals surface area contributed by atoms with Crippen molar-refractivity contribution in [2.45, 2.75) is 19.9 Å². The molecule has 1 rings (SSSR count). The Morgan fingerprint density at radius 1 is 1.59 bits per heavy atom. The summed E-state index contributed by atoms with van der Waals surface area (Å²) >= 11 is 5.80. The first kappa shape index (κ1) is 13.5. The van der Waals surface area contributed by atoms with E-state index in [-0.39, 0.29) is 6.04 Å². The van der Waals surface area contributed by atoms with Gasteiger partial charge in [0.2, 0.25) is 0 Å². The highest BCUT2D eigenvalue weighted by Gasteiger charge is 2.15. The maximum atomic E-state index is 11.7. The smallest absolute Gasteiger partial charge is 0.332 e. The molecule has 0 bridgehead atoms. The van der Waals surface area contributed by atoms with Crippen LogP contribution in [0.3, 0.4) is 0 Å². The van der Waals surface area contributed by atoms with Crippen LogP contribution in [-0.2, 0) is 9.63 Å². The third-order valence-electron chi connectivity index (χ3n) is 1.96. The lowest BCUT2D eigenvalue weighted by atomic mass is 10.3. The Balaban J connectivity index is 2.71. The Bertz CT molecular complexity index is 428. The van der Waals surface area contributed by atoms with Crippen molar-refractivity contribution >= 4 is 23.5 Å². The fourth-order valence-corrected chi connectivity index (χ4v) is 1.48. The number of hydrogen-bond donors (Lipinski definition) is 2. The molecular formula is C10H13ClN2O4. The number of amides is 1. The molecule has 0 spiro atoms. The van der Waals surface area contributed by atoms with Crippen molar-refractivity contribution in [3.63, 3.8) is 0 Å². The van der Waals surface area contributed by atoms with Crippen LogP contribution in [0.25, 0.3) is 0 Å². The second-order valence-corrected chi connectivity index (χ2v) is 4.09. The molecule has 0 aliphatic rings. The minimum absolute atomic E-state index is 0.0581. The van der Waals surface area contributed by atoms with Gasteiger partial charge in [0, 0.05) is 12.2 Å². The number of hydrogen-bond acceptors (Lipinski definition) is 3. The summed E-state index contributed by atoms with van der Waals surface area (Å²) in [6.07, 6.45) is 1.62. The summed E-state index contributed by atoms with van der Waals surface area (Å²) in [6, 6.07) is 1.55. The highest BCUT2D eigenvalue weighted by Crippen LogP contribution is 2.18. The molecular weight excluding hydrogens is 248 g/mol. The molecule has 1 heterocycles. The molecule has 0 atom stereocenters. The molecule has 0 radical (unpaired) electrons. The third kappa shape index (κ3) is 3.76. The zero-order valence-electron chi connectivity index (χ0n) is 9.44. The van der Waals surface area contributed by atoms with Gasteiger partial charge in [-0.15, -0.1) is 0 Å². The standard InChI is InChI=1S/C10H13ClN2O4/c1-6(2)13-4-7(11)3-8(13)10(16)12-17-5-9(14)15/h3-4,6H,5H2,1-2H3,(H,12,16)(H,14,15). The largest absolute Gasteiger partial charge is 0.479 e. The van der Waals surface area contributed by atoms with Crippen LogP contribution in [0.4, 0.5) is 0 Å². The SMILES string of the molecule is CC(C)n1cc(Cl)cc1C(=O)NOCC(=O)O. The highest BCUT2D eigenvalue weighted by atomic mass is 35.5. The van der Waals surface area contributed by atoms with Crippen LogP contribution in [0.15, 0.2) is 12.3 Å². The molecule has 94 valence electrons. The predicted octanol–water partition coefficient (Wildman–Crippen LogP) is 1.47. The topological polar surface area (TPSA) is 80.6 Å². The molecule has 7 heteroatoms. The lowest BCUT2D eigenvalue weighted by Crippen LogP contribution is -2.28. The van der Waals surface area contributed by atoms with E-state index >= 15 is 0 Å². The lowest BCUT2D eigenvalue weighted by molar-refractivity contribution is -0.144. The number of rotatable bonds is 5. The van der Waals surface area contributed by atoms with Crippen molar-refractivity contribution in [2.24, 2.45) is 0 Å². The van der Waals surface area contributed by atoms with E-state index in [4.69, 9.17) is 16.7 Å². The Hall–Kier alpha value is -1.53. The fourth-order valence-electron chi connectivity index (χ4n) is 1.27. The van der Waals surface area contributed by atoms with Gasteiger partial charge in [-0.1, -0.05) is 11.6 Å². The number of nitrogens with one attached hydrogen (secondary N) is 1. The van der Waals surface area contributed by atoms with E-state index in [2.05, 4.69) is 4.84 Å². The minimum atomic E-state index is -1.16. The van der Waals surface area contributed by atoms with Crippen LogP contribution in [-0.4, -0.2) is 28.2 Å². The van der Waals surface area contributed by atoms with E-state index in [0.29, 0.717) is 10.7 Å². The number of carbonyl (C=O) groups excluding carboxylic acids is 1. The van der Waals surface area contributed by atoms with E-state index in [1.54, 1.807) is 10.8 Å². The molecule has 6 nitrogen and oxygen atoms in total. The number of halogens is 1. The lowest BCUT2D eigenvalue weighted by Gasteiger charge is -2.12. The van der Waals surface area contributed by atoms with Gasteiger partial charge in [0.1, 0.15) is 5.69 Å². The van der Waals surface area contributed by atoms with Crippen LogP contribution in [0.5, 0.6) is 0 Å². The molecule has 0 unspecified atom stereocenters. The first-order chi connectivity index (χ1) is 7.91. The molecule has 1 aromatic heterocycles. The number of nitrogens with zero attached hydrogens (tertiary/aromatic N) is 1. The van der Waals surface area contributed by atoms with Gasteiger partial charge in [-0.25, -0.2) is 10.3 Å². The Morgan fingerprint density at radius 2 is 2.24 bits per heavy atom. The molecule has 1 amide bonds. The second kappa shape index (κ2) is 5.70. The van der Waals surface area contributed by atoms with E-state index in [1.807, 2.05) is 19.3 Å². The van der Waals surface area contributed by atoms with Crippen molar-refractivity contribution in [3.05, 3.63) is 23.0 Å². The summed E-state index contributed by atoms with van der Waals surface area (Å²) in [6.45, 7) is 3.19. The van der Waals surface area contributed by atoms with Crippen LogP contribution >= 0.6 is 11.6 Å². The first-order valence-electron chi connectivity index (χ1n) is 4.93. The number of carboxylic acid groups (broad SMARTS) is 1. The van der Waals surface area contributed by atoms with Crippen molar-refractivity contribution in [1.29, 1.82) is 0 Å². The van der Waals surface area contributed by atoms with Crippen molar-refractivity contribution in [2.75, 3.05) is 6.61 Å². The molecule has 0 aliphatic heterocycles. The van der Waals surface area contributed by atoms with Gasteiger partial charge in [-0.3, -0.25) is 9.63 Å². The number of aromatic nitrogens is 1. The average Bonchev–Trinajstić information content (AvgIpc) is 2.59. The summed E-state index contributed by atoms with van der Waals surface area (Å²) in [5.74, 6) is -1.70. The first-order valence-corrected chi connectivity index (χ1v) is 5.31. The third-order valence-corrected chi connectivity index (χ3v) is 2.17. The number of hydroxylamine groups is 1. The second-order valence-electron chi connectivity index (χ2n) is 3.66. The van der Waals surface area contributed by atoms with Gasteiger partial charge in [0.05, 0.1) is 5.02 Å². The Kier molecular flexibility index (Phi) is 4.53. The minimum Gasteiger partial charge on any atom is -0.479 e. The van der Waals surface area contributed by atoms with Gasteiger partial charge in [-0.2, -0.15) is 0 Å². The molecule has 1 aromatic rings. The predicted molar refractivity (Wildman–Crippen MR) is 60.9 cm³/mol. The number of aliphatic carboxylic acids is 1. The zero-order valence-corrected chi connectivity index (χ0v) is 10.2. The fraction of sp³-hybridized carbons (Fsp3) is 0.400. The molecule has 0 fully saturated rings. The molecule has 2 N–H and O–H groups in total. The maximum absolute atomic E-state index is 11.7. The maximum Gasteiger partial charge on any atom is 0.332 e. The van der Waals surface area contributed by atoms with Gasteiger partial charge in [0.25, 0.3) is 5.91 Å². The summed E-state index contributed by atoms with van der Waals surface area (Å²) < 4.78 is 1.67. The molecule has 0 aromatic carbocycles. The number of carboxylic acids is 1. The van der Waals surface area contributed by atoms with E-state index < -0.39 is 18.5 Å². The van der Waals surface area contributed by atoms with E-state index in [0.717, 1.165) is 0 Å². The molecule has 0 aliphatic carbocycles. The Labute approximate surface area is 103 Å². The summed E-state index contributed by atoms with van der Waals surface area (Å²) in [7, 11) is 0. The molecule has 17 heavy (non-hydrogen) atoms. The van der Waals surface area contributed by atoms with Gasteiger partial charge in [0.15, 0.2) is 6.61 Å². The highest BCUT2D eigenvalue weighted by molar-refractivity contribution is 6.31. The van der Waals surface area contributed by atoms with Gasteiger partial charge >= 0.3 is 5.97 Å². The number of carbonyl (C=O) groups is 2. The average molecular weight is 261 g/mol. The summed E-state index contributed by atoms with van der Waals surface area (Å²) in [5.41, 5.74) is 2.35. The van der Waals surface area contributed by atoms with Crippen molar-refractivity contribution in [3.8, 4) is 0 Å². The quantitative estimate of drug-likeness (QED) is 0.786.